The molecule has 0 amide bonds. The number of hydrogen-bond acceptors (Lipinski definition) is 5. The van der Waals surface area contributed by atoms with Crippen molar-refractivity contribution in [3.8, 4) is 0 Å². The quantitative estimate of drug-likeness (QED) is 0.666. The number of fused-ring (bicyclic) bond motifs is 4. The van der Waals surface area contributed by atoms with E-state index in [1.54, 1.807) is 0 Å². The van der Waals surface area contributed by atoms with E-state index in [0.717, 1.165) is 57.1 Å². The van der Waals surface area contributed by atoms with E-state index >= 15 is 0 Å². The highest BCUT2D eigenvalue weighted by Crippen LogP contribution is 2.68. The number of rotatable bonds is 3. The molecular formula is C28H40N2O4. The molecule has 2 saturated heterocycles. The molecule has 1 aromatic heterocycles. The van der Waals surface area contributed by atoms with Gasteiger partial charge in [0.15, 0.2) is 5.79 Å². The number of aromatic amines is 1. The Labute approximate surface area is 202 Å². The van der Waals surface area contributed by atoms with Gasteiger partial charge in [-0.25, -0.2) is 0 Å². The molecule has 3 aliphatic carbocycles. The highest BCUT2D eigenvalue weighted by Gasteiger charge is 2.68. The molecule has 6 nitrogen and oxygen atoms in total. The third kappa shape index (κ3) is 2.97. The van der Waals surface area contributed by atoms with Crippen molar-refractivity contribution in [1.29, 1.82) is 0 Å². The van der Waals surface area contributed by atoms with Gasteiger partial charge in [0.05, 0.1) is 18.9 Å². The summed E-state index contributed by atoms with van der Waals surface area (Å²) in [6.45, 7) is 10.1. The molecular weight excluding hydrogens is 428 g/mol. The van der Waals surface area contributed by atoms with Gasteiger partial charge in [-0.3, -0.25) is 5.10 Å². The molecule has 0 radical (unpaired) electrons. The number of carbonyl (C=O) groups is 2. The van der Waals surface area contributed by atoms with Crippen molar-refractivity contribution < 1.29 is 19.1 Å². The van der Waals surface area contributed by atoms with Crippen LogP contribution < -0.4 is 0 Å². The van der Waals surface area contributed by atoms with Gasteiger partial charge in [-0.2, -0.15) is 5.10 Å². The minimum Gasteiger partial charge on any atom is -0.349 e. The van der Waals surface area contributed by atoms with E-state index in [4.69, 9.17) is 9.47 Å². The average Bonchev–Trinajstić information content (AvgIpc) is 3.46. The van der Waals surface area contributed by atoms with Gasteiger partial charge >= 0.3 is 0 Å². The van der Waals surface area contributed by atoms with Gasteiger partial charge in [-0.15, -0.1) is 0 Å². The molecule has 186 valence electrons. The van der Waals surface area contributed by atoms with Crippen LogP contribution in [0.4, 0.5) is 0 Å². The lowest BCUT2D eigenvalue weighted by Gasteiger charge is -2.55. The van der Waals surface area contributed by atoms with Crippen LogP contribution >= 0.6 is 0 Å². The molecule has 11 atom stereocenters. The van der Waals surface area contributed by atoms with Gasteiger partial charge in [0.25, 0.3) is 0 Å². The second-order valence-corrected chi connectivity index (χ2v) is 12.9. The van der Waals surface area contributed by atoms with E-state index < -0.39 is 5.79 Å². The van der Waals surface area contributed by atoms with Crippen LogP contribution in [0.5, 0.6) is 0 Å². The SMILES string of the molecule is C[C@@H]1CC[C@@]2(OC1)O[C@H]1C[C@H]3[C@H](C=O)[C@@H]([C@@]4(C)Cc5cn[nH]c5C[C@@H]4C=O)CC[C@]3(C)[C@H]1[C@@H]2C. The standard InChI is InChI=1S/C28H40N2O4/c1-16-5-8-28(33-15-16)17(2)25-24(34-28)10-22-20(14-32)21(6-7-26(22,25)3)27(4)11-18-12-29-30-23(18)9-19(27)13-31/h12-14,16-17,19-22,24-25H,5-11,15H2,1-4H3,(H,29,30)/t16-,17+,19-,20-,21+,22+,24+,25+,26+,27+,28-/m1/s1. The van der Waals surface area contributed by atoms with E-state index in [1.807, 2.05) is 6.20 Å². The second-order valence-electron chi connectivity index (χ2n) is 12.9. The van der Waals surface area contributed by atoms with Crippen molar-refractivity contribution in [1.82, 2.24) is 10.2 Å². The number of ether oxygens (including phenoxy) is 2. The van der Waals surface area contributed by atoms with Gasteiger partial charge in [-0.05, 0) is 78.6 Å². The third-order valence-electron chi connectivity index (χ3n) is 11.4. The lowest BCUT2D eigenvalue weighted by Crippen LogP contribution is -2.53. The van der Waals surface area contributed by atoms with E-state index in [0.29, 0.717) is 30.1 Å². The number of carbonyl (C=O) groups excluding carboxylic acids is 2. The van der Waals surface area contributed by atoms with E-state index in [2.05, 4.69) is 37.9 Å². The molecule has 6 heteroatoms. The number of nitrogens with zero attached hydrogens (tertiary/aromatic N) is 1. The maximum absolute atomic E-state index is 12.8. The van der Waals surface area contributed by atoms with E-state index in [-0.39, 0.29) is 34.7 Å². The second kappa shape index (κ2) is 7.73. The lowest BCUT2D eigenvalue weighted by molar-refractivity contribution is -0.272. The Hall–Kier alpha value is -1.53. The molecule has 34 heavy (non-hydrogen) atoms. The first kappa shape index (κ1) is 22.9. The van der Waals surface area contributed by atoms with Crippen molar-refractivity contribution in [3.05, 3.63) is 17.5 Å². The number of aromatic nitrogens is 2. The van der Waals surface area contributed by atoms with Crippen molar-refractivity contribution in [2.75, 3.05) is 6.61 Å². The zero-order valence-corrected chi connectivity index (χ0v) is 21.1. The van der Waals surface area contributed by atoms with E-state index in [1.165, 1.54) is 11.8 Å². The molecule has 1 spiro atoms. The summed E-state index contributed by atoms with van der Waals surface area (Å²) in [6.07, 6.45) is 11.1. The highest BCUT2D eigenvalue weighted by molar-refractivity contribution is 5.60. The van der Waals surface area contributed by atoms with Crippen molar-refractivity contribution in [2.45, 2.75) is 84.5 Å². The Morgan fingerprint density at radius 1 is 1.09 bits per heavy atom. The van der Waals surface area contributed by atoms with Crippen LogP contribution in [0.2, 0.25) is 0 Å². The summed E-state index contributed by atoms with van der Waals surface area (Å²) < 4.78 is 13.2. The van der Waals surface area contributed by atoms with Crippen LogP contribution in [0.25, 0.3) is 0 Å². The van der Waals surface area contributed by atoms with Gasteiger partial charge in [0.1, 0.15) is 12.6 Å². The fraction of sp³-hybridized carbons (Fsp3) is 0.821. The fourth-order valence-electron chi connectivity index (χ4n) is 9.45. The smallest absolute Gasteiger partial charge is 0.171 e. The van der Waals surface area contributed by atoms with Crippen LogP contribution in [-0.4, -0.2) is 41.3 Å². The minimum absolute atomic E-state index is 0.0377. The first-order valence-corrected chi connectivity index (χ1v) is 13.5. The maximum Gasteiger partial charge on any atom is 0.171 e. The van der Waals surface area contributed by atoms with Gasteiger partial charge in [0.2, 0.25) is 0 Å². The third-order valence-corrected chi connectivity index (χ3v) is 11.4. The summed E-state index contributed by atoms with van der Waals surface area (Å²) in [5.41, 5.74) is 2.15. The van der Waals surface area contributed by atoms with Crippen LogP contribution in [0.15, 0.2) is 6.20 Å². The molecule has 0 bridgehead atoms. The summed E-state index contributed by atoms with van der Waals surface area (Å²) >= 11 is 0. The number of H-pyrrole nitrogens is 1. The largest absolute Gasteiger partial charge is 0.349 e. The van der Waals surface area contributed by atoms with Crippen molar-refractivity contribution in [2.24, 2.45) is 52.3 Å². The zero-order valence-electron chi connectivity index (χ0n) is 21.1. The molecule has 3 heterocycles. The van der Waals surface area contributed by atoms with Crippen LogP contribution in [0, 0.1) is 52.3 Å². The molecule has 2 saturated carbocycles. The van der Waals surface area contributed by atoms with Gasteiger partial charge in [0, 0.05) is 29.9 Å². The maximum atomic E-state index is 12.8. The number of hydrogen-bond donors (Lipinski definition) is 1. The first-order chi connectivity index (χ1) is 16.3. The molecule has 5 aliphatic rings. The molecule has 1 N–H and O–H groups in total. The predicted molar refractivity (Wildman–Crippen MR) is 127 cm³/mol. The monoisotopic (exact) mass is 468 g/mol. The van der Waals surface area contributed by atoms with Gasteiger partial charge in [-0.1, -0.05) is 27.7 Å². The normalized spacial score (nSPS) is 52.1. The van der Waals surface area contributed by atoms with Crippen LogP contribution in [-0.2, 0) is 31.9 Å². The summed E-state index contributed by atoms with van der Waals surface area (Å²) in [5, 5.41) is 7.33. The van der Waals surface area contributed by atoms with Gasteiger partial charge < -0.3 is 19.1 Å². The topological polar surface area (TPSA) is 81.3 Å². The fourth-order valence-corrected chi connectivity index (χ4v) is 9.45. The van der Waals surface area contributed by atoms with Crippen molar-refractivity contribution >= 4 is 12.6 Å². The minimum atomic E-state index is -0.432. The number of nitrogens with one attached hydrogen (secondary N) is 1. The Kier molecular flexibility index (Phi) is 5.21. The summed E-state index contributed by atoms with van der Waals surface area (Å²) in [6, 6.07) is 0. The van der Waals surface area contributed by atoms with Crippen molar-refractivity contribution in [3.63, 3.8) is 0 Å². The van der Waals surface area contributed by atoms with Crippen LogP contribution in [0.1, 0.15) is 71.1 Å². The molecule has 0 unspecified atom stereocenters. The average molecular weight is 469 g/mol. The van der Waals surface area contributed by atoms with E-state index in [9.17, 15) is 9.59 Å². The Balaban J connectivity index is 1.29. The molecule has 0 aromatic carbocycles. The first-order valence-electron chi connectivity index (χ1n) is 13.5. The molecule has 4 fully saturated rings. The summed E-state index contributed by atoms with van der Waals surface area (Å²) in [7, 11) is 0. The van der Waals surface area contributed by atoms with Crippen LogP contribution in [0.3, 0.4) is 0 Å². The Morgan fingerprint density at radius 2 is 1.91 bits per heavy atom. The lowest BCUT2D eigenvalue weighted by atomic mass is 9.48. The number of aldehydes is 2. The predicted octanol–water partition coefficient (Wildman–Crippen LogP) is 4.37. The zero-order chi connectivity index (χ0) is 23.9. The molecule has 6 rings (SSSR count). The summed E-state index contributed by atoms with van der Waals surface area (Å²) in [5.74, 6) is 1.31. The highest BCUT2D eigenvalue weighted by atomic mass is 16.7. The Bertz CT molecular complexity index is 967. The Morgan fingerprint density at radius 3 is 2.62 bits per heavy atom. The summed E-state index contributed by atoms with van der Waals surface area (Å²) in [4.78, 5) is 25.1. The molecule has 1 aromatic rings. The molecule has 2 aliphatic heterocycles.